The van der Waals surface area contributed by atoms with Crippen molar-refractivity contribution in [3.63, 3.8) is 0 Å². The van der Waals surface area contributed by atoms with E-state index >= 15 is 0 Å². The van der Waals surface area contributed by atoms with E-state index in [2.05, 4.69) is 9.97 Å². The summed E-state index contributed by atoms with van der Waals surface area (Å²) in [5.41, 5.74) is 0. The normalized spacial score (nSPS) is 10.0. The second kappa shape index (κ2) is 6.90. The van der Waals surface area contributed by atoms with E-state index < -0.39 is 5.97 Å². The molecule has 0 aliphatic heterocycles. The predicted molar refractivity (Wildman–Crippen MR) is 75.9 cm³/mol. The van der Waals surface area contributed by atoms with Gasteiger partial charge in [0.05, 0.1) is 20.3 Å². The average molecular weight is 309 g/mol. The molecule has 0 unspecified atom stereocenters. The van der Waals surface area contributed by atoms with Crippen molar-refractivity contribution < 1.29 is 19.0 Å². The van der Waals surface area contributed by atoms with Gasteiger partial charge in [-0.3, -0.25) is 4.79 Å². The van der Waals surface area contributed by atoms with Gasteiger partial charge in [0.2, 0.25) is 11.8 Å². The maximum absolute atomic E-state index is 11.9. The molecule has 1 aromatic carbocycles. The molecule has 1 heterocycles. The van der Waals surface area contributed by atoms with Crippen molar-refractivity contribution in [2.75, 3.05) is 14.2 Å². The number of rotatable bonds is 5. The van der Waals surface area contributed by atoms with Crippen LogP contribution in [0.2, 0.25) is 5.02 Å². The van der Waals surface area contributed by atoms with Crippen molar-refractivity contribution in [1.29, 1.82) is 0 Å². The number of methoxy groups -OCH3 is 2. The van der Waals surface area contributed by atoms with Crippen molar-refractivity contribution in [3.05, 3.63) is 41.2 Å². The number of aromatic nitrogens is 2. The maximum atomic E-state index is 11.9. The van der Waals surface area contributed by atoms with E-state index in [0.717, 1.165) is 0 Å². The van der Waals surface area contributed by atoms with Crippen LogP contribution in [-0.2, 0) is 11.2 Å². The molecule has 0 fully saturated rings. The average Bonchev–Trinajstić information content (AvgIpc) is 2.46. The fourth-order valence-corrected chi connectivity index (χ4v) is 1.75. The zero-order valence-corrected chi connectivity index (χ0v) is 12.3. The minimum Gasteiger partial charge on any atom is -0.481 e. The molecule has 21 heavy (non-hydrogen) atoms. The minimum atomic E-state index is -0.507. The topological polar surface area (TPSA) is 70.5 Å². The van der Waals surface area contributed by atoms with Gasteiger partial charge in [-0.05, 0) is 18.2 Å². The van der Waals surface area contributed by atoms with Crippen LogP contribution in [0.5, 0.6) is 17.5 Å². The SMILES string of the molecule is COc1cc(OC)nc(CC(=O)Oc2cccc(Cl)c2)n1. The zero-order chi connectivity index (χ0) is 15.2. The Labute approximate surface area is 126 Å². The smallest absolute Gasteiger partial charge is 0.318 e. The summed E-state index contributed by atoms with van der Waals surface area (Å²) in [7, 11) is 2.94. The zero-order valence-electron chi connectivity index (χ0n) is 11.5. The standard InChI is InChI=1S/C14H13ClN2O4/c1-19-12-8-13(20-2)17-11(16-12)7-14(18)21-10-5-3-4-9(15)6-10/h3-6,8H,7H2,1-2H3. The van der Waals surface area contributed by atoms with E-state index in [4.69, 9.17) is 25.8 Å². The first kappa shape index (κ1) is 15.1. The Kier molecular flexibility index (Phi) is 4.94. The van der Waals surface area contributed by atoms with Crippen molar-refractivity contribution in [2.45, 2.75) is 6.42 Å². The molecule has 0 aliphatic rings. The highest BCUT2D eigenvalue weighted by Crippen LogP contribution is 2.18. The van der Waals surface area contributed by atoms with Crippen LogP contribution in [0.25, 0.3) is 0 Å². The summed E-state index contributed by atoms with van der Waals surface area (Å²) in [6, 6.07) is 8.08. The molecule has 0 saturated heterocycles. The highest BCUT2D eigenvalue weighted by Gasteiger charge is 2.12. The number of halogens is 1. The van der Waals surface area contributed by atoms with Crippen LogP contribution >= 0.6 is 11.6 Å². The van der Waals surface area contributed by atoms with Gasteiger partial charge >= 0.3 is 5.97 Å². The monoisotopic (exact) mass is 308 g/mol. The lowest BCUT2D eigenvalue weighted by Crippen LogP contribution is -2.14. The molecule has 0 bridgehead atoms. The first-order valence-corrected chi connectivity index (χ1v) is 6.40. The van der Waals surface area contributed by atoms with Crippen molar-refractivity contribution in [3.8, 4) is 17.5 Å². The Bertz CT molecular complexity index is 626. The second-order valence-electron chi connectivity index (χ2n) is 3.98. The third-order valence-corrected chi connectivity index (χ3v) is 2.71. The highest BCUT2D eigenvalue weighted by atomic mass is 35.5. The van der Waals surface area contributed by atoms with Gasteiger partial charge in [-0.15, -0.1) is 0 Å². The van der Waals surface area contributed by atoms with Gasteiger partial charge in [-0.25, -0.2) is 0 Å². The Hall–Kier alpha value is -2.34. The molecule has 1 aromatic heterocycles. The molecule has 0 atom stereocenters. The summed E-state index contributed by atoms with van der Waals surface area (Å²) in [6.45, 7) is 0. The molecular weight excluding hydrogens is 296 g/mol. The number of carbonyl (C=O) groups is 1. The Morgan fingerprint density at radius 3 is 2.38 bits per heavy atom. The number of benzene rings is 1. The highest BCUT2D eigenvalue weighted by molar-refractivity contribution is 6.30. The number of carbonyl (C=O) groups excluding carboxylic acids is 1. The molecule has 110 valence electrons. The molecule has 7 heteroatoms. The van der Waals surface area contributed by atoms with Crippen LogP contribution in [0.1, 0.15) is 5.82 Å². The first-order chi connectivity index (χ1) is 10.1. The summed E-state index contributed by atoms with van der Waals surface area (Å²) < 4.78 is 15.2. The Balaban J connectivity index is 2.08. The summed E-state index contributed by atoms with van der Waals surface area (Å²) in [6.07, 6.45) is -0.111. The molecule has 0 radical (unpaired) electrons. The molecular formula is C14H13ClN2O4. The van der Waals surface area contributed by atoms with Gasteiger partial charge in [0.1, 0.15) is 18.0 Å². The molecule has 0 amide bonds. The Morgan fingerprint density at radius 1 is 1.14 bits per heavy atom. The number of hydrogen-bond acceptors (Lipinski definition) is 6. The van der Waals surface area contributed by atoms with E-state index in [1.165, 1.54) is 20.3 Å². The second-order valence-corrected chi connectivity index (χ2v) is 4.41. The third kappa shape index (κ3) is 4.32. The summed E-state index contributed by atoms with van der Waals surface area (Å²) in [4.78, 5) is 20.0. The maximum Gasteiger partial charge on any atom is 0.318 e. The summed E-state index contributed by atoms with van der Waals surface area (Å²) in [5, 5.41) is 0.486. The van der Waals surface area contributed by atoms with Crippen LogP contribution in [0.3, 0.4) is 0 Å². The fraction of sp³-hybridized carbons (Fsp3) is 0.214. The lowest BCUT2D eigenvalue weighted by atomic mass is 10.3. The Morgan fingerprint density at radius 2 is 1.81 bits per heavy atom. The van der Waals surface area contributed by atoms with Crippen LogP contribution in [-0.4, -0.2) is 30.2 Å². The van der Waals surface area contributed by atoms with Gasteiger partial charge in [0.15, 0.2) is 0 Å². The predicted octanol–water partition coefficient (Wildman–Crippen LogP) is 2.30. The van der Waals surface area contributed by atoms with E-state index in [1.807, 2.05) is 0 Å². The van der Waals surface area contributed by atoms with E-state index in [0.29, 0.717) is 22.5 Å². The van der Waals surface area contributed by atoms with Crippen molar-refractivity contribution in [1.82, 2.24) is 9.97 Å². The largest absolute Gasteiger partial charge is 0.481 e. The number of esters is 1. The lowest BCUT2D eigenvalue weighted by Gasteiger charge is -2.07. The van der Waals surface area contributed by atoms with E-state index in [-0.39, 0.29) is 12.2 Å². The summed E-state index contributed by atoms with van der Waals surface area (Å²) >= 11 is 5.82. The minimum absolute atomic E-state index is 0.111. The van der Waals surface area contributed by atoms with Gasteiger partial charge < -0.3 is 14.2 Å². The van der Waals surface area contributed by atoms with Crippen LogP contribution in [0, 0.1) is 0 Å². The van der Waals surface area contributed by atoms with Crippen LogP contribution in [0.15, 0.2) is 30.3 Å². The summed E-state index contributed by atoms with van der Waals surface area (Å²) in [5.74, 6) is 0.730. The molecule has 6 nitrogen and oxygen atoms in total. The van der Waals surface area contributed by atoms with Crippen LogP contribution in [0.4, 0.5) is 0 Å². The van der Waals surface area contributed by atoms with Gasteiger partial charge in [0, 0.05) is 5.02 Å². The van der Waals surface area contributed by atoms with Gasteiger partial charge in [0.25, 0.3) is 0 Å². The number of nitrogens with zero attached hydrogens (tertiary/aromatic N) is 2. The van der Waals surface area contributed by atoms with Gasteiger partial charge in [-0.2, -0.15) is 9.97 Å². The molecule has 0 spiro atoms. The van der Waals surface area contributed by atoms with Crippen molar-refractivity contribution in [2.24, 2.45) is 0 Å². The molecule has 2 rings (SSSR count). The molecule has 0 aliphatic carbocycles. The molecule has 0 saturated carbocycles. The van der Waals surface area contributed by atoms with E-state index in [1.54, 1.807) is 24.3 Å². The first-order valence-electron chi connectivity index (χ1n) is 6.03. The quantitative estimate of drug-likeness (QED) is 0.623. The van der Waals surface area contributed by atoms with E-state index in [9.17, 15) is 4.79 Å². The number of ether oxygens (including phenoxy) is 3. The molecule has 0 N–H and O–H groups in total. The fourth-order valence-electron chi connectivity index (χ4n) is 1.56. The van der Waals surface area contributed by atoms with Crippen LogP contribution < -0.4 is 14.2 Å². The molecule has 2 aromatic rings. The van der Waals surface area contributed by atoms with Gasteiger partial charge in [-0.1, -0.05) is 17.7 Å². The lowest BCUT2D eigenvalue weighted by molar-refractivity contribution is -0.133. The third-order valence-electron chi connectivity index (χ3n) is 2.47. The number of hydrogen-bond donors (Lipinski definition) is 0. The van der Waals surface area contributed by atoms with Crippen molar-refractivity contribution >= 4 is 17.6 Å².